The van der Waals surface area contributed by atoms with Crippen molar-refractivity contribution in [3.63, 3.8) is 0 Å². The molecule has 1 aromatic carbocycles. The first-order valence-corrected chi connectivity index (χ1v) is 11.6. The number of methoxy groups -OCH3 is 1. The van der Waals surface area contributed by atoms with Crippen LogP contribution in [0, 0.1) is 23.7 Å². The quantitative estimate of drug-likeness (QED) is 0.282. The van der Waals surface area contributed by atoms with Gasteiger partial charge in [-0.2, -0.15) is 0 Å². The van der Waals surface area contributed by atoms with Crippen molar-refractivity contribution < 1.29 is 14.3 Å². The number of carbonyl (C=O) groups excluding carboxylic acids is 2. The second-order valence-electron chi connectivity index (χ2n) is 9.56. The zero-order valence-corrected chi connectivity index (χ0v) is 19.4. The normalized spacial score (nSPS) is 26.6. The van der Waals surface area contributed by atoms with E-state index in [4.69, 9.17) is 9.73 Å². The monoisotopic (exact) mass is 438 g/mol. The minimum Gasteiger partial charge on any atom is -0.497 e. The lowest BCUT2D eigenvalue weighted by molar-refractivity contribution is -0.140. The van der Waals surface area contributed by atoms with Gasteiger partial charge >= 0.3 is 0 Å². The summed E-state index contributed by atoms with van der Waals surface area (Å²) < 4.78 is 5.25. The van der Waals surface area contributed by atoms with Gasteiger partial charge in [0.1, 0.15) is 5.75 Å². The van der Waals surface area contributed by atoms with Gasteiger partial charge in [0, 0.05) is 25.0 Å². The van der Waals surface area contributed by atoms with E-state index in [-0.39, 0.29) is 40.9 Å². The summed E-state index contributed by atoms with van der Waals surface area (Å²) in [6.07, 6.45) is 5.21. The number of allylic oxidation sites excluding steroid dienone is 2. The lowest BCUT2D eigenvalue weighted by atomic mass is 9.85. The Balaban J connectivity index is 1.34. The first-order chi connectivity index (χ1) is 15.4. The number of aliphatic imine (C=N–C) groups is 1. The van der Waals surface area contributed by atoms with Crippen LogP contribution in [-0.4, -0.2) is 56.0 Å². The van der Waals surface area contributed by atoms with Crippen molar-refractivity contribution in [1.82, 2.24) is 15.5 Å². The number of ether oxygens (including phenoxy) is 1. The van der Waals surface area contributed by atoms with Crippen LogP contribution in [0.1, 0.15) is 32.8 Å². The summed E-state index contributed by atoms with van der Waals surface area (Å²) in [6.45, 7) is 8.51. The molecule has 0 spiro atoms. The molecular weight excluding hydrogens is 404 g/mol. The van der Waals surface area contributed by atoms with E-state index in [9.17, 15) is 9.59 Å². The Labute approximate surface area is 190 Å². The number of nitrogens with one attached hydrogen (secondary N) is 2. The van der Waals surface area contributed by atoms with Crippen molar-refractivity contribution in [1.29, 1.82) is 0 Å². The summed E-state index contributed by atoms with van der Waals surface area (Å²) in [5, 5.41) is 6.55. The van der Waals surface area contributed by atoms with Crippen LogP contribution in [0.15, 0.2) is 41.4 Å². The summed E-state index contributed by atoms with van der Waals surface area (Å²) in [4.78, 5) is 31.9. The number of hydrogen-bond acceptors (Lipinski definition) is 4. The van der Waals surface area contributed by atoms with Crippen molar-refractivity contribution in [2.24, 2.45) is 28.7 Å². The van der Waals surface area contributed by atoms with Crippen LogP contribution >= 0.6 is 0 Å². The van der Waals surface area contributed by atoms with Crippen LogP contribution in [0.2, 0.25) is 0 Å². The van der Waals surface area contributed by atoms with Crippen molar-refractivity contribution in [2.45, 2.75) is 32.6 Å². The molecule has 7 nitrogen and oxygen atoms in total. The Hall–Kier alpha value is -2.83. The number of guanidine groups is 1. The number of carbonyl (C=O) groups is 2. The molecule has 0 radical (unpaired) electrons. The van der Waals surface area contributed by atoms with Gasteiger partial charge in [-0.05, 0) is 42.9 Å². The molecule has 2 N–H and O–H groups in total. The molecule has 2 amide bonds. The van der Waals surface area contributed by atoms with Crippen molar-refractivity contribution >= 4 is 17.8 Å². The molecule has 4 rings (SSSR count). The maximum Gasteiger partial charge on any atom is 0.233 e. The molecule has 2 fully saturated rings. The molecule has 1 aromatic rings. The minimum atomic E-state index is -0.154. The van der Waals surface area contributed by atoms with Crippen LogP contribution < -0.4 is 15.4 Å². The third kappa shape index (κ3) is 4.12. The van der Waals surface area contributed by atoms with Gasteiger partial charge in [-0.15, -0.1) is 0 Å². The number of hydrogen-bond donors (Lipinski definition) is 2. The third-order valence-electron chi connectivity index (χ3n) is 7.04. The molecule has 32 heavy (non-hydrogen) atoms. The number of amides is 2. The van der Waals surface area contributed by atoms with E-state index in [0.29, 0.717) is 25.6 Å². The largest absolute Gasteiger partial charge is 0.497 e. The van der Waals surface area contributed by atoms with Gasteiger partial charge in [-0.1, -0.05) is 38.1 Å². The van der Waals surface area contributed by atoms with Crippen LogP contribution in [0.3, 0.4) is 0 Å². The lowest BCUT2D eigenvalue weighted by Crippen LogP contribution is -2.44. The first-order valence-electron chi connectivity index (χ1n) is 11.6. The fourth-order valence-corrected chi connectivity index (χ4v) is 5.22. The zero-order valence-electron chi connectivity index (χ0n) is 19.4. The molecule has 1 aliphatic heterocycles. The molecule has 1 heterocycles. The molecule has 4 unspecified atom stereocenters. The minimum absolute atomic E-state index is 0.00114. The SMILES string of the molecule is CCNC(=NCC(C)(C)c1ccc(OC)cc1)NCCN1C(=O)C2C3C=CC(C3)C2C1=O. The third-order valence-corrected chi connectivity index (χ3v) is 7.04. The van der Waals surface area contributed by atoms with Crippen LogP contribution in [-0.2, 0) is 15.0 Å². The predicted octanol–water partition coefficient (Wildman–Crippen LogP) is 2.33. The fraction of sp³-hybridized carbons (Fsp3) is 0.560. The topological polar surface area (TPSA) is 83.0 Å². The highest BCUT2D eigenvalue weighted by atomic mass is 16.5. The van der Waals surface area contributed by atoms with E-state index in [1.165, 1.54) is 10.5 Å². The van der Waals surface area contributed by atoms with E-state index in [2.05, 4.69) is 48.8 Å². The highest BCUT2D eigenvalue weighted by Gasteiger charge is 2.58. The lowest BCUT2D eigenvalue weighted by Gasteiger charge is -2.24. The Kier molecular flexibility index (Phi) is 6.26. The maximum absolute atomic E-state index is 12.8. The van der Waals surface area contributed by atoms with Gasteiger partial charge in [0.25, 0.3) is 0 Å². The van der Waals surface area contributed by atoms with Crippen molar-refractivity contribution in [3.05, 3.63) is 42.0 Å². The molecule has 172 valence electrons. The summed E-state index contributed by atoms with van der Waals surface area (Å²) in [5.41, 5.74) is 1.03. The average Bonchev–Trinajstić information content (AvgIpc) is 3.47. The van der Waals surface area contributed by atoms with E-state index in [0.717, 1.165) is 18.7 Å². The molecule has 0 aromatic heterocycles. The Morgan fingerprint density at radius 1 is 1.09 bits per heavy atom. The van der Waals surface area contributed by atoms with Gasteiger partial charge in [0.05, 0.1) is 25.5 Å². The standard InChI is InChI=1S/C25H34N4O3/c1-5-26-24(28-15-25(2,3)18-8-10-19(32-4)11-9-18)27-12-13-29-22(30)20-16-6-7-17(14-16)21(20)23(29)31/h6-11,16-17,20-21H,5,12-15H2,1-4H3,(H2,26,27,28). The van der Waals surface area contributed by atoms with Crippen LogP contribution in [0.4, 0.5) is 0 Å². The number of imide groups is 1. The predicted molar refractivity (Wildman–Crippen MR) is 124 cm³/mol. The second kappa shape index (κ2) is 8.96. The van der Waals surface area contributed by atoms with Crippen molar-refractivity contribution in [3.8, 4) is 5.75 Å². The second-order valence-corrected chi connectivity index (χ2v) is 9.56. The highest BCUT2D eigenvalue weighted by Crippen LogP contribution is 2.52. The molecular formula is C25H34N4O3. The van der Waals surface area contributed by atoms with Crippen LogP contribution in [0.25, 0.3) is 0 Å². The van der Waals surface area contributed by atoms with Crippen molar-refractivity contribution in [2.75, 3.05) is 33.3 Å². The molecule has 1 saturated heterocycles. The molecule has 2 bridgehead atoms. The van der Waals surface area contributed by atoms with Gasteiger partial charge in [0.15, 0.2) is 5.96 Å². The number of benzene rings is 1. The first kappa shape index (κ1) is 22.4. The van der Waals surface area contributed by atoms with Gasteiger partial charge in [0.2, 0.25) is 11.8 Å². The van der Waals surface area contributed by atoms with E-state index in [1.807, 2.05) is 19.1 Å². The van der Waals surface area contributed by atoms with E-state index < -0.39 is 0 Å². The summed E-state index contributed by atoms with van der Waals surface area (Å²) in [7, 11) is 1.66. The maximum atomic E-state index is 12.8. The van der Waals surface area contributed by atoms with E-state index >= 15 is 0 Å². The van der Waals surface area contributed by atoms with Gasteiger partial charge < -0.3 is 15.4 Å². The van der Waals surface area contributed by atoms with Gasteiger partial charge in [-0.3, -0.25) is 19.5 Å². The summed E-state index contributed by atoms with van der Waals surface area (Å²) in [5.74, 6) is 1.76. The van der Waals surface area contributed by atoms with Crippen LogP contribution in [0.5, 0.6) is 5.75 Å². The Bertz CT molecular complexity index is 892. The number of rotatable bonds is 8. The average molecular weight is 439 g/mol. The zero-order chi connectivity index (χ0) is 22.9. The smallest absolute Gasteiger partial charge is 0.233 e. The molecule has 2 aliphatic carbocycles. The number of nitrogens with zero attached hydrogens (tertiary/aromatic N) is 2. The molecule has 3 aliphatic rings. The number of fused-ring (bicyclic) bond motifs is 5. The summed E-state index contributed by atoms with van der Waals surface area (Å²) >= 11 is 0. The van der Waals surface area contributed by atoms with Gasteiger partial charge in [-0.25, -0.2) is 0 Å². The molecule has 4 atom stereocenters. The number of likely N-dealkylation sites (tertiary alicyclic amines) is 1. The van der Waals surface area contributed by atoms with E-state index in [1.54, 1.807) is 7.11 Å². The highest BCUT2D eigenvalue weighted by molar-refractivity contribution is 6.06. The summed E-state index contributed by atoms with van der Waals surface area (Å²) in [6, 6.07) is 8.06. The fourth-order valence-electron chi connectivity index (χ4n) is 5.22. The Morgan fingerprint density at radius 2 is 1.72 bits per heavy atom. The molecule has 1 saturated carbocycles. The molecule has 7 heteroatoms. The Morgan fingerprint density at radius 3 is 2.28 bits per heavy atom.